The van der Waals surface area contributed by atoms with Crippen molar-refractivity contribution in [1.82, 2.24) is 15.5 Å². The van der Waals surface area contributed by atoms with Gasteiger partial charge in [0.2, 0.25) is 6.39 Å². The zero-order valence-electron chi connectivity index (χ0n) is 5.28. The maximum absolute atomic E-state index is 5.19. The van der Waals surface area contributed by atoms with Crippen LogP contribution in [0.2, 0.25) is 0 Å². The first kappa shape index (κ1) is 5.82. The third kappa shape index (κ3) is 0.891. The Morgan fingerprint density at radius 3 is 3.30 bits per heavy atom. The summed E-state index contributed by atoms with van der Waals surface area (Å²) in [7, 11) is 0. The molecule has 1 aromatic rings. The van der Waals surface area contributed by atoms with Crippen LogP contribution in [0.1, 0.15) is 12.1 Å². The zero-order chi connectivity index (χ0) is 6.81. The standard InChI is InChI=1S/C5H7N3O2/c1-2-9-4(6-1)5-8-7-3-10-5/h3-4,6H,1-2H2. The SMILES string of the molecule is c1nnc(C2NCCO2)o1. The van der Waals surface area contributed by atoms with Crippen molar-refractivity contribution in [3.8, 4) is 0 Å². The first-order valence-corrected chi connectivity index (χ1v) is 3.08. The van der Waals surface area contributed by atoms with Crippen molar-refractivity contribution in [2.24, 2.45) is 0 Å². The van der Waals surface area contributed by atoms with Crippen LogP contribution in [-0.4, -0.2) is 23.3 Å². The Morgan fingerprint density at radius 1 is 1.70 bits per heavy atom. The molecule has 2 heterocycles. The Balaban J connectivity index is 2.12. The molecule has 0 spiro atoms. The van der Waals surface area contributed by atoms with Crippen LogP contribution in [0.25, 0.3) is 0 Å². The summed E-state index contributed by atoms with van der Waals surface area (Å²) in [6.45, 7) is 1.54. The van der Waals surface area contributed by atoms with Crippen LogP contribution in [0.4, 0.5) is 0 Å². The van der Waals surface area contributed by atoms with Crippen LogP contribution in [0.15, 0.2) is 10.8 Å². The van der Waals surface area contributed by atoms with Crippen LogP contribution in [0.3, 0.4) is 0 Å². The molecule has 0 radical (unpaired) electrons. The first-order chi connectivity index (χ1) is 4.97. The molecular weight excluding hydrogens is 134 g/mol. The number of ether oxygens (including phenoxy) is 1. The van der Waals surface area contributed by atoms with Crippen molar-refractivity contribution in [3.05, 3.63) is 12.3 Å². The molecule has 1 aliphatic rings. The molecule has 5 nitrogen and oxygen atoms in total. The summed E-state index contributed by atoms with van der Waals surface area (Å²) in [6, 6.07) is 0. The van der Waals surface area contributed by atoms with E-state index in [1.54, 1.807) is 0 Å². The normalized spacial score (nSPS) is 25.4. The fourth-order valence-corrected chi connectivity index (χ4v) is 0.880. The van der Waals surface area contributed by atoms with E-state index in [1.165, 1.54) is 6.39 Å². The van der Waals surface area contributed by atoms with Gasteiger partial charge in [-0.3, -0.25) is 5.32 Å². The second-order valence-corrected chi connectivity index (χ2v) is 1.98. The van der Waals surface area contributed by atoms with Gasteiger partial charge in [0.25, 0.3) is 5.89 Å². The van der Waals surface area contributed by atoms with Gasteiger partial charge in [-0.05, 0) is 0 Å². The molecule has 0 bridgehead atoms. The van der Waals surface area contributed by atoms with Crippen LogP contribution in [0.5, 0.6) is 0 Å². The topological polar surface area (TPSA) is 60.2 Å². The number of nitrogens with zero attached hydrogens (tertiary/aromatic N) is 2. The van der Waals surface area contributed by atoms with Gasteiger partial charge in [0.15, 0.2) is 6.23 Å². The highest BCUT2D eigenvalue weighted by Crippen LogP contribution is 2.13. The lowest BCUT2D eigenvalue weighted by Crippen LogP contribution is -2.14. The molecule has 1 saturated heterocycles. The average molecular weight is 141 g/mol. The molecule has 0 saturated carbocycles. The molecule has 1 unspecified atom stereocenters. The molecule has 1 aliphatic heterocycles. The Bertz CT molecular complexity index is 193. The van der Waals surface area contributed by atoms with Gasteiger partial charge >= 0.3 is 0 Å². The molecule has 54 valence electrons. The second-order valence-electron chi connectivity index (χ2n) is 1.98. The Hall–Kier alpha value is -0.940. The van der Waals surface area contributed by atoms with E-state index in [0.29, 0.717) is 12.5 Å². The van der Waals surface area contributed by atoms with Crippen molar-refractivity contribution in [2.45, 2.75) is 6.23 Å². The summed E-state index contributed by atoms with van der Waals surface area (Å²) < 4.78 is 10.1. The first-order valence-electron chi connectivity index (χ1n) is 3.08. The summed E-state index contributed by atoms with van der Waals surface area (Å²) in [5.74, 6) is 0.498. The average Bonchev–Trinajstić information content (AvgIpc) is 2.59. The Labute approximate surface area is 57.4 Å². The van der Waals surface area contributed by atoms with E-state index in [2.05, 4.69) is 15.5 Å². The lowest BCUT2D eigenvalue weighted by atomic mass is 10.6. The van der Waals surface area contributed by atoms with E-state index in [4.69, 9.17) is 9.15 Å². The lowest BCUT2D eigenvalue weighted by Gasteiger charge is -2.01. The molecule has 10 heavy (non-hydrogen) atoms. The molecule has 5 heteroatoms. The van der Waals surface area contributed by atoms with Crippen molar-refractivity contribution in [3.63, 3.8) is 0 Å². The fraction of sp³-hybridized carbons (Fsp3) is 0.600. The molecule has 1 fully saturated rings. The maximum Gasteiger partial charge on any atom is 0.259 e. The van der Waals surface area contributed by atoms with Gasteiger partial charge in [0.1, 0.15) is 0 Å². The van der Waals surface area contributed by atoms with Gasteiger partial charge < -0.3 is 9.15 Å². The van der Waals surface area contributed by atoms with E-state index in [-0.39, 0.29) is 6.23 Å². The monoisotopic (exact) mass is 141 g/mol. The highest BCUT2D eigenvalue weighted by molar-refractivity contribution is 4.82. The van der Waals surface area contributed by atoms with E-state index in [9.17, 15) is 0 Å². The lowest BCUT2D eigenvalue weighted by molar-refractivity contribution is 0.0786. The van der Waals surface area contributed by atoms with E-state index in [0.717, 1.165) is 6.54 Å². The number of hydrogen-bond acceptors (Lipinski definition) is 5. The summed E-state index contributed by atoms with van der Waals surface area (Å²) in [4.78, 5) is 0. The van der Waals surface area contributed by atoms with Gasteiger partial charge in [0.05, 0.1) is 6.61 Å². The summed E-state index contributed by atoms with van der Waals surface area (Å²) in [5.41, 5.74) is 0. The van der Waals surface area contributed by atoms with Crippen molar-refractivity contribution < 1.29 is 9.15 Å². The molecule has 1 N–H and O–H groups in total. The highest BCUT2D eigenvalue weighted by Gasteiger charge is 2.20. The molecular formula is C5H7N3O2. The minimum Gasteiger partial charge on any atom is -0.424 e. The van der Waals surface area contributed by atoms with Crippen molar-refractivity contribution in [1.29, 1.82) is 0 Å². The number of nitrogens with one attached hydrogen (secondary N) is 1. The molecule has 0 aromatic carbocycles. The van der Waals surface area contributed by atoms with Gasteiger partial charge in [-0.25, -0.2) is 0 Å². The van der Waals surface area contributed by atoms with Crippen LogP contribution in [-0.2, 0) is 4.74 Å². The second kappa shape index (κ2) is 2.36. The van der Waals surface area contributed by atoms with E-state index >= 15 is 0 Å². The predicted molar refractivity (Wildman–Crippen MR) is 31.0 cm³/mol. The number of rotatable bonds is 1. The highest BCUT2D eigenvalue weighted by atomic mass is 16.5. The van der Waals surface area contributed by atoms with Gasteiger partial charge in [-0.1, -0.05) is 0 Å². The minimum absolute atomic E-state index is 0.192. The molecule has 0 aliphatic carbocycles. The third-order valence-corrected chi connectivity index (χ3v) is 1.32. The molecule has 0 amide bonds. The van der Waals surface area contributed by atoms with Crippen LogP contribution in [0, 0.1) is 0 Å². The van der Waals surface area contributed by atoms with Crippen molar-refractivity contribution >= 4 is 0 Å². The fourth-order valence-electron chi connectivity index (χ4n) is 0.880. The summed E-state index contributed by atoms with van der Waals surface area (Å²) in [5, 5.41) is 10.3. The summed E-state index contributed by atoms with van der Waals surface area (Å²) in [6.07, 6.45) is 1.10. The van der Waals surface area contributed by atoms with E-state index < -0.39 is 0 Å². The smallest absolute Gasteiger partial charge is 0.259 e. The Morgan fingerprint density at radius 2 is 2.70 bits per heavy atom. The maximum atomic E-state index is 5.19. The number of aromatic nitrogens is 2. The summed E-state index contributed by atoms with van der Waals surface area (Å²) >= 11 is 0. The third-order valence-electron chi connectivity index (χ3n) is 1.32. The van der Waals surface area contributed by atoms with Crippen LogP contribution < -0.4 is 5.32 Å². The Kier molecular flexibility index (Phi) is 1.37. The number of hydrogen-bond donors (Lipinski definition) is 1. The van der Waals surface area contributed by atoms with Gasteiger partial charge in [-0.2, -0.15) is 0 Å². The van der Waals surface area contributed by atoms with Gasteiger partial charge in [0, 0.05) is 6.54 Å². The largest absolute Gasteiger partial charge is 0.424 e. The zero-order valence-corrected chi connectivity index (χ0v) is 5.28. The molecule has 2 rings (SSSR count). The quantitative estimate of drug-likeness (QED) is 0.581. The van der Waals surface area contributed by atoms with Crippen molar-refractivity contribution in [2.75, 3.05) is 13.2 Å². The van der Waals surface area contributed by atoms with E-state index in [1.807, 2.05) is 0 Å². The van der Waals surface area contributed by atoms with Gasteiger partial charge in [-0.15, -0.1) is 10.2 Å². The molecule has 1 atom stereocenters. The molecule has 1 aromatic heterocycles. The minimum atomic E-state index is -0.192. The van der Waals surface area contributed by atoms with Crippen LogP contribution >= 0.6 is 0 Å². The predicted octanol–water partition coefficient (Wildman–Crippen LogP) is -0.312.